The van der Waals surface area contributed by atoms with Crippen LogP contribution in [-0.4, -0.2) is 15.1 Å². The number of para-hydroxylation sites is 1. The standard InChI is InChI=1S/C10H14O.C3H4N2/c1-2-3-6-9-7-4-5-8-10(9)11;1-2-5-3-4-1/h4-5,7-8,11H,2-3,6H2,1H3;1-3H,(H,4,5). The number of unbranched alkanes of at least 4 members (excludes halogenated alkanes) is 1. The number of aromatic hydroxyl groups is 1. The number of aryl methyl sites for hydroxylation is 1. The lowest BCUT2D eigenvalue weighted by molar-refractivity contribution is 0.467. The number of aromatic amines is 1. The lowest BCUT2D eigenvalue weighted by Crippen LogP contribution is -1.83. The van der Waals surface area contributed by atoms with Gasteiger partial charge in [0.25, 0.3) is 0 Å². The predicted molar refractivity (Wildman–Crippen MR) is 65.3 cm³/mol. The van der Waals surface area contributed by atoms with E-state index in [0.29, 0.717) is 5.75 Å². The van der Waals surface area contributed by atoms with E-state index in [-0.39, 0.29) is 0 Å². The number of H-pyrrole nitrogens is 1. The monoisotopic (exact) mass is 218 g/mol. The van der Waals surface area contributed by atoms with Crippen LogP contribution in [0, 0.1) is 0 Å². The van der Waals surface area contributed by atoms with Gasteiger partial charge in [0.2, 0.25) is 0 Å². The van der Waals surface area contributed by atoms with Crippen LogP contribution in [0.25, 0.3) is 0 Å². The topological polar surface area (TPSA) is 48.9 Å². The van der Waals surface area contributed by atoms with E-state index in [4.69, 9.17) is 0 Å². The van der Waals surface area contributed by atoms with Gasteiger partial charge in [-0.25, -0.2) is 4.98 Å². The highest BCUT2D eigenvalue weighted by molar-refractivity contribution is 5.31. The Morgan fingerprint density at radius 2 is 2.12 bits per heavy atom. The van der Waals surface area contributed by atoms with Crippen LogP contribution in [0.2, 0.25) is 0 Å². The third kappa shape index (κ3) is 4.64. The molecule has 0 saturated heterocycles. The van der Waals surface area contributed by atoms with Crippen molar-refractivity contribution in [2.24, 2.45) is 0 Å². The van der Waals surface area contributed by atoms with Gasteiger partial charge in [-0.15, -0.1) is 0 Å². The predicted octanol–water partition coefficient (Wildman–Crippen LogP) is 3.14. The van der Waals surface area contributed by atoms with Gasteiger partial charge in [-0.3, -0.25) is 0 Å². The lowest BCUT2D eigenvalue weighted by atomic mass is 10.1. The first-order chi connectivity index (χ1) is 7.84. The second-order valence-corrected chi connectivity index (χ2v) is 3.49. The van der Waals surface area contributed by atoms with Crippen molar-refractivity contribution in [1.82, 2.24) is 9.97 Å². The van der Waals surface area contributed by atoms with Gasteiger partial charge in [0.15, 0.2) is 0 Å². The molecule has 3 heteroatoms. The van der Waals surface area contributed by atoms with E-state index in [1.807, 2.05) is 18.2 Å². The summed E-state index contributed by atoms with van der Waals surface area (Å²) in [5.74, 6) is 0.431. The van der Waals surface area contributed by atoms with Gasteiger partial charge >= 0.3 is 0 Å². The molecule has 0 aliphatic heterocycles. The molecule has 0 radical (unpaired) electrons. The van der Waals surface area contributed by atoms with Crippen LogP contribution in [-0.2, 0) is 6.42 Å². The molecular formula is C13H18N2O. The number of nitrogens with zero attached hydrogens (tertiary/aromatic N) is 1. The summed E-state index contributed by atoms with van der Waals surface area (Å²) < 4.78 is 0. The SMILES string of the molecule is CCCCc1ccccc1O.c1c[nH]cn1. The van der Waals surface area contributed by atoms with Crippen molar-refractivity contribution in [2.45, 2.75) is 26.2 Å². The van der Waals surface area contributed by atoms with Crippen LogP contribution in [0.15, 0.2) is 43.0 Å². The number of hydrogen-bond donors (Lipinski definition) is 2. The third-order valence-corrected chi connectivity index (χ3v) is 2.20. The average Bonchev–Trinajstić information content (AvgIpc) is 2.87. The van der Waals surface area contributed by atoms with Crippen molar-refractivity contribution >= 4 is 0 Å². The molecule has 16 heavy (non-hydrogen) atoms. The molecule has 0 saturated carbocycles. The van der Waals surface area contributed by atoms with Crippen molar-refractivity contribution in [1.29, 1.82) is 0 Å². The summed E-state index contributed by atoms with van der Waals surface area (Å²) in [6.07, 6.45) is 8.40. The van der Waals surface area contributed by atoms with E-state index in [1.54, 1.807) is 24.8 Å². The Morgan fingerprint density at radius 1 is 1.31 bits per heavy atom. The Bertz CT molecular complexity index is 354. The summed E-state index contributed by atoms with van der Waals surface area (Å²) in [7, 11) is 0. The van der Waals surface area contributed by atoms with Crippen LogP contribution in [0.5, 0.6) is 5.75 Å². The van der Waals surface area contributed by atoms with Gasteiger partial charge in [0, 0.05) is 12.4 Å². The molecule has 2 rings (SSSR count). The minimum absolute atomic E-state index is 0.431. The van der Waals surface area contributed by atoms with Gasteiger partial charge < -0.3 is 10.1 Å². The summed E-state index contributed by atoms with van der Waals surface area (Å²) in [6.45, 7) is 2.15. The highest BCUT2D eigenvalue weighted by Gasteiger charge is 1.96. The fourth-order valence-electron chi connectivity index (χ4n) is 1.30. The second kappa shape index (κ2) is 7.51. The van der Waals surface area contributed by atoms with Crippen LogP contribution in [0.1, 0.15) is 25.3 Å². The number of nitrogens with one attached hydrogen (secondary N) is 1. The Morgan fingerprint density at radius 3 is 2.62 bits per heavy atom. The fourth-order valence-corrected chi connectivity index (χ4v) is 1.30. The maximum Gasteiger partial charge on any atom is 0.118 e. The molecule has 1 aromatic carbocycles. The van der Waals surface area contributed by atoms with Crippen LogP contribution in [0.4, 0.5) is 0 Å². The van der Waals surface area contributed by atoms with E-state index in [1.165, 1.54) is 6.42 Å². The van der Waals surface area contributed by atoms with Crippen LogP contribution >= 0.6 is 0 Å². The van der Waals surface area contributed by atoms with Crippen molar-refractivity contribution in [2.75, 3.05) is 0 Å². The molecule has 2 N–H and O–H groups in total. The van der Waals surface area contributed by atoms with E-state index >= 15 is 0 Å². The molecule has 0 fully saturated rings. The molecule has 0 unspecified atom stereocenters. The van der Waals surface area contributed by atoms with Crippen molar-refractivity contribution in [3.05, 3.63) is 48.5 Å². The number of rotatable bonds is 3. The Kier molecular flexibility index (Phi) is 5.78. The van der Waals surface area contributed by atoms with E-state index in [2.05, 4.69) is 16.9 Å². The minimum Gasteiger partial charge on any atom is -0.508 e. The number of imidazole rings is 1. The maximum absolute atomic E-state index is 9.34. The smallest absolute Gasteiger partial charge is 0.118 e. The van der Waals surface area contributed by atoms with Gasteiger partial charge in [0.1, 0.15) is 5.75 Å². The zero-order valence-electron chi connectivity index (χ0n) is 9.56. The molecule has 1 heterocycles. The maximum atomic E-state index is 9.34. The number of benzene rings is 1. The minimum atomic E-state index is 0.431. The zero-order valence-corrected chi connectivity index (χ0v) is 9.56. The van der Waals surface area contributed by atoms with Gasteiger partial charge in [-0.05, 0) is 24.5 Å². The highest BCUT2D eigenvalue weighted by atomic mass is 16.3. The third-order valence-electron chi connectivity index (χ3n) is 2.20. The van der Waals surface area contributed by atoms with Crippen molar-refractivity contribution in [3.8, 4) is 5.75 Å². The van der Waals surface area contributed by atoms with Crippen molar-refractivity contribution < 1.29 is 5.11 Å². The zero-order chi connectivity index (χ0) is 11.6. The highest BCUT2D eigenvalue weighted by Crippen LogP contribution is 2.17. The summed E-state index contributed by atoms with van der Waals surface area (Å²) in [6, 6.07) is 7.53. The summed E-state index contributed by atoms with van der Waals surface area (Å²) in [4.78, 5) is 6.42. The number of phenolic OH excluding ortho intramolecular Hbond substituents is 1. The Labute approximate surface area is 96.2 Å². The van der Waals surface area contributed by atoms with E-state index in [9.17, 15) is 5.11 Å². The van der Waals surface area contributed by atoms with Crippen LogP contribution < -0.4 is 0 Å². The largest absolute Gasteiger partial charge is 0.508 e. The molecule has 1 aromatic heterocycles. The molecule has 0 aliphatic rings. The molecule has 2 aromatic rings. The van der Waals surface area contributed by atoms with Crippen molar-refractivity contribution in [3.63, 3.8) is 0 Å². The lowest BCUT2D eigenvalue weighted by Gasteiger charge is -2.01. The summed E-state index contributed by atoms with van der Waals surface area (Å²) in [5.41, 5.74) is 1.06. The molecule has 0 aliphatic carbocycles. The van der Waals surface area contributed by atoms with Crippen LogP contribution in [0.3, 0.4) is 0 Å². The molecule has 0 atom stereocenters. The molecular weight excluding hydrogens is 200 g/mol. The quantitative estimate of drug-likeness (QED) is 0.831. The molecule has 0 amide bonds. The normalized spacial score (nSPS) is 9.31. The number of phenols is 1. The Hall–Kier alpha value is -1.77. The summed E-state index contributed by atoms with van der Waals surface area (Å²) in [5, 5.41) is 9.34. The fraction of sp³-hybridized carbons (Fsp3) is 0.308. The van der Waals surface area contributed by atoms with Gasteiger partial charge in [0.05, 0.1) is 6.33 Å². The first kappa shape index (κ1) is 12.3. The average molecular weight is 218 g/mol. The molecule has 86 valence electrons. The molecule has 3 nitrogen and oxygen atoms in total. The molecule has 0 spiro atoms. The first-order valence-corrected chi connectivity index (χ1v) is 5.54. The van der Waals surface area contributed by atoms with Gasteiger partial charge in [-0.1, -0.05) is 31.5 Å². The summed E-state index contributed by atoms with van der Waals surface area (Å²) >= 11 is 0. The Balaban J connectivity index is 0.000000212. The number of aromatic nitrogens is 2. The van der Waals surface area contributed by atoms with E-state index < -0.39 is 0 Å². The molecule has 0 bridgehead atoms. The number of hydrogen-bond acceptors (Lipinski definition) is 2. The first-order valence-electron chi connectivity index (χ1n) is 5.54. The second-order valence-electron chi connectivity index (χ2n) is 3.49. The van der Waals surface area contributed by atoms with Gasteiger partial charge in [-0.2, -0.15) is 0 Å². The van der Waals surface area contributed by atoms with E-state index in [0.717, 1.165) is 18.4 Å².